The van der Waals surface area contributed by atoms with Gasteiger partial charge in [0.05, 0.1) is 11.4 Å². The molecule has 0 saturated carbocycles. The summed E-state index contributed by atoms with van der Waals surface area (Å²) in [5, 5.41) is 0. The first-order chi connectivity index (χ1) is 6.31. The zero-order valence-corrected chi connectivity index (χ0v) is 10.3. The van der Waals surface area contributed by atoms with Crippen LogP contribution < -0.4 is 4.72 Å². The zero-order chi connectivity index (χ0) is 11.2. The van der Waals surface area contributed by atoms with Crippen molar-refractivity contribution >= 4 is 10.0 Å². The first kappa shape index (κ1) is 13.9. The van der Waals surface area contributed by atoms with Gasteiger partial charge in [-0.25, -0.2) is 13.1 Å². The van der Waals surface area contributed by atoms with E-state index in [4.69, 9.17) is 4.74 Å². The summed E-state index contributed by atoms with van der Waals surface area (Å²) in [4.78, 5) is 0. The molecule has 4 nitrogen and oxygen atoms in total. The van der Waals surface area contributed by atoms with Gasteiger partial charge in [0.1, 0.15) is 0 Å². The SMILES string of the molecule is CCCOCCNS(=O)(=O)C(C)(C)C. The lowest BCUT2D eigenvalue weighted by atomic mass is 10.3. The highest BCUT2D eigenvalue weighted by atomic mass is 32.2. The first-order valence-corrected chi connectivity index (χ1v) is 6.36. The van der Waals surface area contributed by atoms with Gasteiger partial charge in [-0.3, -0.25) is 0 Å². The van der Waals surface area contributed by atoms with Crippen LogP contribution in [0.4, 0.5) is 0 Å². The van der Waals surface area contributed by atoms with Crippen molar-refractivity contribution in [1.82, 2.24) is 4.72 Å². The smallest absolute Gasteiger partial charge is 0.216 e. The van der Waals surface area contributed by atoms with Crippen molar-refractivity contribution in [3.8, 4) is 0 Å². The summed E-state index contributed by atoms with van der Waals surface area (Å²) in [6, 6.07) is 0. The maximum atomic E-state index is 11.5. The number of rotatable bonds is 6. The summed E-state index contributed by atoms with van der Waals surface area (Å²) in [6.45, 7) is 8.48. The molecule has 0 spiro atoms. The molecule has 86 valence electrons. The summed E-state index contributed by atoms with van der Waals surface area (Å²) < 4.78 is 30.0. The summed E-state index contributed by atoms with van der Waals surface area (Å²) in [5.74, 6) is 0. The first-order valence-electron chi connectivity index (χ1n) is 4.88. The molecule has 5 heteroatoms. The highest BCUT2D eigenvalue weighted by Gasteiger charge is 2.27. The number of hydrogen-bond donors (Lipinski definition) is 1. The molecule has 0 unspecified atom stereocenters. The Morgan fingerprint density at radius 2 is 1.79 bits per heavy atom. The molecule has 0 heterocycles. The van der Waals surface area contributed by atoms with Crippen molar-refractivity contribution in [2.45, 2.75) is 38.9 Å². The predicted octanol–water partition coefficient (Wildman–Crippen LogP) is 1.13. The Kier molecular flexibility index (Phi) is 5.63. The van der Waals surface area contributed by atoms with Crippen LogP contribution >= 0.6 is 0 Å². The van der Waals surface area contributed by atoms with Gasteiger partial charge in [0.2, 0.25) is 10.0 Å². The third-order valence-electron chi connectivity index (χ3n) is 1.69. The fourth-order valence-electron chi connectivity index (χ4n) is 0.711. The fraction of sp³-hybridized carbons (Fsp3) is 1.00. The number of sulfonamides is 1. The second kappa shape index (κ2) is 5.68. The van der Waals surface area contributed by atoms with Gasteiger partial charge >= 0.3 is 0 Å². The minimum absolute atomic E-state index is 0.347. The Labute approximate surface area is 87.1 Å². The van der Waals surface area contributed by atoms with E-state index in [1.165, 1.54) is 0 Å². The van der Waals surface area contributed by atoms with Gasteiger partial charge < -0.3 is 4.74 Å². The van der Waals surface area contributed by atoms with E-state index < -0.39 is 14.8 Å². The van der Waals surface area contributed by atoms with E-state index >= 15 is 0 Å². The second-order valence-corrected chi connectivity index (χ2v) is 6.64. The highest BCUT2D eigenvalue weighted by molar-refractivity contribution is 7.90. The van der Waals surface area contributed by atoms with Crippen LogP contribution in [0, 0.1) is 0 Å². The van der Waals surface area contributed by atoms with Gasteiger partial charge in [0.25, 0.3) is 0 Å². The predicted molar refractivity (Wildman–Crippen MR) is 57.8 cm³/mol. The molecule has 0 aromatic carbocycles. The van der Waals surface area contributed by atoms with E-state index in [0.717, 1.165) is 6.42 Å². The van der Waals surface area contributed by atoms with Crippen molar-refractivity contribution in [2.24, 2.45) is 0 Å². The lowest BCUT2D eigenvalue weighted by molar-refractivity contribution is 0.140. The maximum absolute atomic E-state index is 11.5. The molecule has 0 radical (unpaired) electrons. The average Bonchev–Trinajstić information content (AvgIpc) is 2.02. The monoisotopic (exact) mass is 223 g/mol. The molecule has 0 aliphatic carbocycles. The van der Waals surface area contributed by atoms with Crippen LogP contribution in [0.25, 0.3) is 0 Å². The van der Waals surface area contributed by atoms with E-state index in [0.29, 0.717) is 19.8 Å². The molecule has 14 heavy (non-hydrogen) atoms. The lowest BCUT2D eigenvalue weighted by Gasteiger charge is -2.19. The Hall–Kier alpha value is -0.130. The number of nitrogens with one attached hydrogen (secondary N) is 1. The van der Waals surface area contributed by atoms with Gasteiger partial charge in [-0.15, -0.1) is 0 Å². The van der Waals surface area contributed by atoms with Crippen LogP contribution in [-0.2, 0) is 14.8 Å². The van der Waals surface area contributed by atoms with Crippen LogP contribution in [-0.4, -0.2) is 32.9 Å². The Bertz CT molecular complexity index is 241. The molecular weight excluding hydrogens is 202 g/mol. The van der Waals surface area contributed by atoms with Crippen LogP contribution in [0.2, 0.25) is 0 Å². The molecular formula is C9H21NO3S. The minimum atomic E-state index is -3.21. The summed E-state index contributed by atoms with van der Waals surface area (Å²) in [6.07, 6.45) is 0.950. The quantitative estimate of drug-likeness (QED) is 0.687. The molecule has 0 rings (SSSR count). The Morgan fingerprint density at radius 3 is 2.21 bits per heavy atom. The van der Waals surface area contributed by atoms with Crippen molar-refractivity contribution in [3.05, 3.63) is 0 Å². The molecule has 0 atom stereocenters. The Balaban J connectivity index is 3.80. The molecule has 0 bridgehead atoms. The highest BCUT2D eigenvalue weighted by Crippen LogP contribution is 2.12. The van der Waals surface area contributed by atoms with E-state index in [1.807, 2.05) is 6.92 Å². The topological polar surface area (TPSA) is 55.4 Å². The van der Waals surface area contributed by atoms with Gasteiger partial charge in [-0.2, -0.15) is 0 Å². The lowest BCUT2D eigenvalue weighted by Crippen LogP contribution is -2.40. The van der Waals surface area contributed by atoms with Gasteiger partial charge in [-0.1, -0.05) is 6.92 Å². The molecule has 0 aromatic rings. The van der Waals surface area contributed by atoms with Gasteiger partial charge in [-0.05, 0) is 27.2 Å². The minimum Gasteiger partial charge on any atom is -0.380 e. The van der Waals surface area contributed by atoms with E-state index in [2.05, 4.69) is 4.72 Å². The van der Waals surface area contributed by atoms with Gasteiger partial charge in [0, 0.05) is 13.2 Å². The van der Waals surface area contributed by atoms with E-state index in [-0.39, 0.29) is 0 Å². The third kappa shape index (κ3) is 4.93. The second-order valence-electron chi connectivity index (χ2n) is 4.12. The molecule has 0 aliphatic heterocycles. The summed E-state index contributed by atoms with van der Waals surface area (Å²) >= 11 is 0. The van der Waals surface area contributed by atoms with Crippen LogP contribution in [0.3, 0.4) is 0 Å². The number of hydrogen-bond acceptors (Lipinski definition) is 3. The van der Waals surface area contributed by atoms with Crippen molar-refractivity contribution in [2.75, 3.05) is 19.8 Å². The van der Waals surface area contributed by atoms with E-state index in [1.54, 1.807) is 20.8 Å². The molecule has 0 aromatic heterocycles. The molecule has 1 N–H and O–H groups in total. The Morgan fingerprint density at radius 1 is 1.21 bits per heavy atom. The largest absolute Gasteiger partial charge is 0.380 e. The van der Waals surface area contributed by atoms with Gasteiger partial charge in [0.15, 0.2) is 0 Å². The molecule has 0 saturated heterocycles. The average molecular weight is 223 g/mol. The summed E-state index contributed by atoms with van der Waals surface area (Å²) in [7, 11) is -3.21. The maximum Gasteiger partial charge on any atom is 0.216 e. The van der Waals surface area contributed by atoms with Crippen LogP contribution in [0.5, 0.6) is 0 Å². The summed E-state index contributed by atoms with van der Waals surface area (Å²) in [5.41, 5.74) is 0. The van der Waals surface area contributed by atoms with E-state index in [9.17, 15) is 8.42 Å². The third-order valence-corrected chi connectivity index (χ3v) is 3.89. The zero-order valence-electron chi connectivity index (χ0n) is 9.46. The standard InChI is InChI=1S/C9H21NO3S/c1-5-7-13-8-6-10-14(11,12)9(2,3)4/h10H,5-8H2,1-4H3. The van der Waals surface area contributed by atoms with Crippen molar-refractivity contribution < 1.29 is 13.2 Å². The van der Waals surface area contributed by atoms with Crippen LogP contribution in [0.1, 0.15) is 34.1 Å². The molecule has 0 amide bonds. The fourth-order valence-corrected chi connectivity index (χ4v) is 1.50. The molecule has 0 fully saturated rings. The van der Waals surface area contributed by atoms with Crippen molar-refractivity contribution in [3.63, 3.8) is 0 Å². The van der Waals surface area contributed by atoms with Crippen LogP contribution in [0.15, 0.2) is 0 Å². The van der Waals surface area contributed by atoms with Crippen molar-refractivity contribution in [1.29, 1.82) is 0 Å². The molecule has 0 aliphatic rings. The normalized spacial score (nSPS) is 13.1. The number of ether oxygens (including phenoxy) is 1.